The highest BCUT2D eigenvalue weighted by atomic mass is 79.9. The van der Waals surface area contributed by atoms with Crippen molar-refractivity contribution in [2.75, 3.05) is 0 Å². The van der Waals surface area contributed by atoms with Crippen LogP contribution in [0.3, 0.4) is 0 Å². The van der Waals surface area contributed by atoms with Gasteiger partial charge in [-0.15, -0.1) is 0 Å². The highest BCUT2D eigenvalue weighted by Crippen LogP contribution is 2.31. The Kier molecular flexibility index (Phi) is 5.41. The van der Waals surface area contributed by atoms with Crippen LogP contribution in [0.15, 0.2) is 40.9 Å². The van der Waals surface area contributed by atoms with Crippen LogP contribution >= 0.6 is 39.1 Å². The molecule has 20 heavy (non-hydrogen) atoms. The van der Waals surface area contributed by atoms with Crippen molar-refractivity contribution in [3.05, 3.63) is 67.9 Å². The molecule has 0 fully saturated rings. The van der Waals surface area contributed by atoms with Crippen LogP contribution in [0.5, 0.6) is 0 Å². The largest absolute Gasteiger partial charge is 0.271 e. The van der Waals surface area contributed by atoms with Crippen LogP contribution in [0.4, 0.5) is 4.39 Å². The van der Waals surface area contributed by atoms with Crippen molar-refractivity contribution in [3.63, 3.8) is 0 Å². The van der Waals surface area contributed by atoms with Crippen LogP contribution in [0.1, 0.15) is 17.2 Å². The molecule has 0 radical (unpaired) electrons. The summed E-state index contributed by atoms with van der Waals surface area (Å²) in [5.41, 5.74) is 4.44. The summed E-state index contributed by atoms with van der Waals surface area (Å²) in [6.45, 7) is 0. The van der Waals surface area contributed by atoms with Gasteiger partial charge in [0.2, 0.25) is 0 Å². The summed E-state index contributed by atoms with van der Waals surface area (Å²) < 4.78 is 13.8. The fourth-order valence-electron chi connectivity index (χ4n) is 1.97. The number of rotatable bonds is 4. The molecule has 0 saturated heterocycles. The summed E-state index contributed by atoms with van der Waals surface area (Å²) in [6, 6.07) is 9.71. The van der Waals surface area contributed by atoms with Gasteiger partial charge < -0.3 is 0 Å². The molecular formula is C14H12BrCl2FN2. The van der Waals surface area contributed by atoms with Crippen molar-refractivity contribution in [2.45, 2.75) is 12.5 Å². The molecule has 0 aliphatic heterocycles. The molecule has 1 unspecified atom stereocenters. The normalized spacial score (nSPS) is 12.4. The first-order valence-corrected chi connectivity index (χ1v) is 7.41. The number of nitrogens with two attached hydrogens (primary N) is 1. The second-order valence-corrected chi connectivity index (χ2v) is 5.94. The SMILES string of the molecule is NNC(Cc1cccc(Cl)c1Cl)c1ccc(F)cc1Br. The van der Waals surface area contributed by atoms with Gasteiger partial charge >= 0.3 is 0 Å². The Bertz CT molecular complexity index is 622. The van der Waals surface area contributed by atoms with Gasteiger partial charge in [-0.3, -0.25) is 11.3 Å². The summed E-state index contributed by atoms with van der Waals surface area (Å²) >= 11 is 15.5. The van der Waals surface area contributed by atoms with Crippen LogP contribution in [-0.4, -0.2) is 0 Å². The minimum Gasteiger partial charge on any atom is -0.271 e. The van der Waals surface area contributed by atoms with E-state index in [0.29, 0.717) is 20.9 Å². The first-order chi connectivity index (χ1) is 9.52. The highest BCUT2D eigenvalue weighted by molar-refractivity contribution is 9.10. The predicted molar refractivity (Wildman–Crippen MR) is 84.3 cm³/mol. The fraction of sp³-hybridized carbons (Fsp3) is 0.143. The zero-order chi connectivity index (χ0) is 14.7. The monoisotopic (exact) mass is 376 g/mol. The summed E-state index contributed by atoms with van der Waals surface area (Å²) in [4.78, 5) is 0. The molecule has 1 atom stereocenters. The minimum atomic E-state index is -0.308. The smallest absolute Gasteiger partial charge is 0.124 e. The van der Waals surface area contributed by atoms with E-state index in [-0.39, 0.29) is 11.9 Å². The van der Waals surface area contributed by atoms with Crippen LogP contribution < -0.4 is 11.3 Å². The molecule has 106 valence electrons. The van der Waals surface area contributed by atoms with Gasteiger partial charge in [0.25, 0.3) is 0 Å². The average Bonchev–Trinajstić information content (AvgIpc) is 2.41. The topological polar surface area (TPSA) is 38.0 Å². The van der Waals surface area contributed by atoms with Gasteiger partial charge in [0, 0.05) is 4.47 Å². The molecule has 0 spiro atoms. The Morgan fingerprint density at radius 3 is 2.65 bits per heavy atom. The van der Waals surface area contributed by atoms with Crippen molar-refractivity contribution in [2.24, 2.45) is 5.84 Å². The average molecular weight is 378 g/mol. The first kappa shape index (κ1) is 15.7. The van der Waals surface area contributed by atoms with Crippen LogP contribution in [0, 0.1) is 5.82 Å². The van der Waals surface area contributed by atoms with Crippen molar-refractivity contribution in [3.8, 4) is 0 Å². The Labute approximate surface area is 135 Å². The van der Waals surface area contributed by atoms with E-state index in [4.69, 9.17) is 29.0 Å². The molecule has 0 bridgehead atoms. The van der Waals surface area contributed by atoms with Gasteiger partial charge in [-0.25, -0.2) is 4.39 Å². The fourth-order valence-corrected chi connectivity index (χ4v) is 2.99. The summed E-state index contributed by atoms with van der Waals surface area (Å²) in [6.07, 6.45) is 0.542. The molecule has 3 N–H and O–H groups in total. The number of halogens is 4. The zero-order valence-electron chi connectivity index (χ0n) is 10.3. The Morgan fingerprint density at radius 1 is 1.25 bits per heavy atom. The zero-order valence-corrected chi connectivity index (χ0v) is 13.4. The molecule has 2 nitrogen and oxygen atoms in total. The lowest BCUT2D eigenvalue weighted by molar-refractivity contribution is 0.547. The standard InChI is InChI=1S/C14H12BrCl2FN2/c15-11-7-9(18)4-5-10(11)13(20-19)6-8-2-1-3-12(16)14(8)17/h1-5,7,13,20H,6,19H2. The lowest BCUT2D eigenvalue weighted by Gasteiger charge is -2.19. The van der Waals surface area contributed by atoms with E-state index in [1.54, 1.807) is 12.1 Å². The summed E-state index contributed by atoms with van der Waals surface area (Å²) in [5, 5.41) is 1.01. The third-order valence-corrected chi connectivity index (χ3v) is 4.54. The third-order valence-electron chi connectivity index (χ3n) is 2.99. The van der Waals surface area contributed by atoms with Gasteiger partial charge in [0.15, 0.2) is 0 Å². The van der Waals surface area contributed by atoms with Crippen LogP contribution in [0.25, 0.3) is 0 Å². The second-order valence-electron chi connectivity index (χ2n) is 4.30. The van der Waals surface area contributed by atoms with Gasteiger partial charge in [-0.2, -0.15) is 0 Å². The molecule has 0 amide bonds. The lowest BCUT2D eigenvalue weighted by Crippen LogP contribution is -2.30. The molecule has 0 saturated carbocycles. The molecule has 0 aromatic heterocycles. The van der Waals surface area contributed by atoms with Crippen LogP contribution in [-0.2, 0) is 6.42 Å². The van der Waals surface area contributed by atoms with E-state index in [1.807, 2.05) is 12.1 Å². The predicted octanol–water partition coefficient (Wildman–Crippen LogP) is 4.64. The van der Waals surface area contributed by atoms with E-state index in [9.17, 15) is 4.39 Å². The Hall–Kier alpha value is -0.650. The Balaban J connectivity index is 2.31. The molecule has 0 aliphatic rings. The minimum absolute atomic E-state index is 0.207. The molecule has 6 heteroatoms. The number of hydrazine groups is 1. The van der Waals surface area contributed by atoms with Gasteiger partial charge in [0.1, 0.15) is 5.82 Å². The van der Waals surface area contributed by atoms with Crippen molar-refractivity contribution in [1.29, 1.82) is 0 Å². The second kappa shape index (κ2) is 6.87. The molecule has 2 aromatic rings. The van der Waals surface area contributed by atoms with Crippen molar-refractivity contribution < 1.29 is 4.39 Å². The van der Waals surface area contributed by atoms with Gasteiger partial charge in [-0.1, -0.05) is 57.3 Å². The Morgan fingerprint density at radius 2 is 2.00 bits per heavy atom. The lowest BCUT2D eigenvalue weighted by atomic mass is 9.99. The van der Waals surface area contributed by atoms with E-state index in [0.717, 1.165) is 11.1 Å². The quantitative estimate of drug-likeness (QED) is 0.601. The van der Waals surface area contributed by atoms with E-state index in [1.165, 1.54) is 12.1 Å². The van der Waals surface area contributed by atoms with E-state index in [2.05, 4.69) is 21.4 Å². The van der Waals surface area contributed by atoms with E-state index >= 15 is 0 Å². The summed E-state index contributed by atoms with van der Waals surface area (Å²) in [5.74, 6) is 5.30. The number of hydrogen-bond acceptors (Lipinski definition) is 2. The highest BCUT2D eigenvalue weighted by Gasteiger charge is 2.16. The van der Waals surface area contributed by atoms with Gasteiger partial charge in [-0.05, 0) is 35.7 Å². The first-order valence-electron chi connectivity index (χ1n) is 5.87. The van der Waals surface area contributed by atoms with Crippen molar-refractivity contribution in [1.82, 2.24) is 5.43 Å². The summed E-state index contributed by atoms with van der Waals surface area (Å²) in [7, 11) is 0. The molecular weight excluding hydrogens is 366 g/mol. The maximum Gasteiger partial charge on any atom is 0.124 e. The number of hydrogen-bond donors (Lipinski definition) is 2. The van der Waals surface area contributed by atoms with Crippen molar-refractivity contribution >= 4 is 39.1 Å². The van der Waals surface area contributed by atoms with Crippen LogP contribution in [0.2, 0.25) is 10.0 Å². The molecule has 0 heterocycles. The number of nitrogens with one attached hydrogen (secondary N) is 1. The maximum absolute atomic E-state index is 13.1. The van der Waals surface area contributed by atoms with E-state index < -0.39 is 0 Å². The maximum atomic E-state index is 13.1. The van der Waals surface area contributed by atoms with Gasteiger partial charge in [0.05, 0.1) is 16.1 Å². The third kappa shape index (κ3) is 3.51. The molecule has 0 aliphatic carbocycles. The molecule has 2 aromatic carbocycles. The number of benzene rings is 2. The molecule has 2 rings (SSSR count).